The number of oxime groups is 1. The number of nitrogens with one attached hydrogen (secondary N) is 1. The topological polar surface area (TPSA) is 105 Å². The van der Waals surface area contributed by atoms with Gasteiger partial charge in [0, 0.05) is 35.8 Å². The van der Waals surface area contributed by atoms with Crippen LogP contribution in [0.4, 0.5) is 0 Å². The van der Waals surface area contributed by atoms with Gasteiger partial charge in [0.1, 0.15) is 0 Å². The summed E-state index contributed by atoms with van der Waals surface area (Å²) in [5, 5.41) is 14.3. The van der Waals surface area contributed by atoms with Gasteiger partial charge in [-0.3, -0.25) is 9.00 Å². The van der Waals surface area contributed by atoms with Crippen LogP contribution in [0.2, 0.25) is 0 Å². The molecule has 0 aliphatic carbocycles. The van der Waals surface area contributed by atoms with E-state index in [4.69, 9.17) is 5.11 Å². The van der Waals surface area contributed by atoms with Crippen LogP contribution in [-0.2, 0) is 25.2 Å². The van der Waals surface area contributed by atoms with Crippen molar-refractivity contribution in [2.75, 3.05) is 18.6 Å². The standard InChI is InChI=1S/C8H12N2O5S/c1-16(14)3-2-9-7(11)6-4-5(8(12)13)10-15-6/h6H,2-4H2,1H3,(H,9,11)(H,12,13). The van der Waals surface area contributed by atoms with E-state index in [1.165, 1.54) is 6.26 Å². The van der Waals surface area contributed by atoms with Crippen LogP contribution >= 0.6 is 0 Å². The first-order valence-corrected chi connectivity index (χ1v) is 6.27. The van der Waals surface area contributed by atoms with Crippen LogP contribution in [-0.4, -0.2) is 51.6 Å². The van der Waals surface area contributed by atoms with E-state index in [1.54, 1.807) is 0 Å². The van der Waals surface area contributed by atoms with E-state index in [2.05, 4.69) is 15.3 Å². The van der Waals surface area contributed by atoms with Gasteiger partial charge in [0.15, 0.2) is 5.71 Å². The minimum atomic E-state index is -1.19. The molecule has 0 radical (unpaired) electrons. The molecule has 0 bridgehead atoms. The van der Waals surface area contributed by atoms with Crippen molar-refractivity contribution in [1.82, 2.24) is 5.32 Å². The van der Waals surface area contributed by atoms with E-state index in [-0.39, 0.29) is 18.7 Å². The molecule has 0 saturated carbocycles. The summed E-state index contributed by atoms with van der Waals surface area (Å²) in [6, 6.07) is 0. The maximum Gasteiger partial charge on any atom is 0.353 e. The minimum Gasteiger partial charge on any atom is -0.477 e. The zero-order valence-corrected chi connectivity index (χ0v) is 9.45. The molecule has 0 saturated heterocycles. The lowest BCUT2D eigenvalue weighted by molar-refractivity contribution is -0.131. The Labute approximate surface area is 94.3 Å². The van der Waals surface area contributed by atoms with Crippen LogP contribution in [0.15, 0.2) is 5.16 Å². The number of amides is 1. The zero-order chi connectivity index (χ0) is 12.1. The Balaban J connectivity index is 2.30. The highest BCUT2D eigenvalue weighted by Gasteiger charge is 2.31. The molecular weight excluding hydrogens is 236 g/mol. The molecule has 0 fully saturated rings. The van der Waals surface area contributed by atoms with E-state index in [0.29, 0.717) is 5.75 Å². The monoisotopic (exact) mass is 248 g/mol. The second-order valence-electron chi connectivity index (χ2n) is 3.21. The number of carboxylic acid groups (broad SMARTS) is 1. The summed E-state index contributed by atoms with van der Waals surface area (Å²) in [6.07, 6.45) is 0.594. The zero-order valence-electron chi connectivity index (χ0n) is 8.63. The SMILES string of the molecule is CS(=O)CCNC(=O)C1CC(C(=O)O)=NO1. The molecule has 2 unspecified atom stereocenters. The number of rotatable bonds is 5. The predicted octanol–water partition coefficient (Wildman–Crippen LogP) is -1.29. The van der Waals surface area contributed by atoms with Crippen molar-refractivity contribution in [3.63, 3.8) is 0 Å². The highest BCUT2D eigenvalue weighted by atomic mass is 32.2. The molecule has 1 amide bonds. The van der Waals surface area contributed by atoms with Crippen LogP contribution in [0.5, 0.6) is 0 Å². The Morgan fingerprint density at radius 3 is 2.88 bits per heavy atom. The molecule has 1 aliphatic rings. The van der Waals surface area contributed by atoms with Gasteiger partial charge in [-0.05, 0) is 0 Å². The first kappa shape index (κ1) is 12.6. The van der Waals surface area contributed by atoms with E-state index < -0.39 is 28.8 Å². The Kier molecular flexibility index (Phi) is 4.41. The molecule has 2 N–H and O–H groups in total. The summed E-state index contributed by atoms with van der Waals surface area (Å²) in [5.74, 6) is -1.28. The Bertz CT molecular complexity index is 354. The van der Waals surface area contributed by atoms with Crippen LogP contribution in [0.25, 0.3) is 0 Å². The molecular formula is C8H12N2O5S. The molecule has 16 heavy (non-hydrogen) atoms. The molecule has 0 spiro atoms. The number of carboxylic acids is 1. The quantitative estimate of drug-likeness (QED) is 0.630. The van der Waals surface area contributed by atoms with Crippen molar-refractivity contribution in [3.05, 3.63) is 0 Å². The van der Waals surface area contributed by atoms with Gasteiger partial charge in [-0.1, -0.05) is 5.16 Å². The van der Waals surface area contributed by atoms with E-state index >= 15 is 0 Å². The Morgan fingerprint density at radius 1 is 1.69 bits per heavy atom. The number of hydrogen-bond donors (Lipinski definition) is 2. The lowest BCUT2D eigenvalue weighted by Gasteiger charge is -2.08. The molecule has 2 atom stereocenters. The second-order valence-corrected chi connectivity index (χ2v) is 4.76. The largest absolute Gasteiger partial charge is 0.477 e. The van der Waals surface area contributed by atoms with Crippen LogP contribution in [0, 0.1) is 0 Å². The lowest BCUT2D eigenvalue weighted by Crippen LogP contribution is -2.37. The van der Waals surface area contributed by atoms with E-state index in [9.17, 15) is 13.8 Å². The van der Waals surface area contributed by atoms with Crippen LogP contribution in [0.1, 0.15) is 6.42 Å². The third kappa shape index (κ3) is 3.61. The molecule has 0 aromatic rings. The van der Waals surface area contributed by atoms with Gasteiger partial charge < -0.3 is 15.3 Å². The fourth-order valence-corrected chi connectivity index (χ4v) is 1.47. The van der Waals surface area contributed by atoms with E-state index in [0.717, 1.165) is 0 Å². The number of aliphatic carboxylic acids is 1. The fourth-order valence-electron chi connectivity index (χ4n) is 1.08. The van der Waals surface area contributed by atoms with Crippen molar-refractivity contribution in [3.8, 4) is 0 Å². The highest BCUT2D eigenvalue weighted by Crippen LogP contribution is 2.10. The maximum absolute atomic E-state index is 11.4. The van der Waals surface area contributed by atoms with Crippen molar-refractivity contribution >= 4 is 28.4 Å². The minimum absolute atomic E-state index is 0.0453. The molecule has 0 aromatic carbocycles. The summed E-state index contributed by atoms with van der Waals surface area (Å²) in [6.45, 7) is 0.268. The van der Waals surface area contributed by atoms with Crippen molar-refractivity contribution < 1.29 is 23.7 Å². The summed E-state index contributed by atoms with van der Waals surface area (Å²) >= 11 is 0. The molecule has 1 aliphatic heterocycles. The molecule has 1 heterocycles. The number of carbonyl (C=O) groups excluding carboxylic acids is 1. The predicted molar refractivity (Wildman–Crippen MR) is 56.5 cm³/mol. The molecule has 0 aromatic heterocycles. The Hall–Kier alpha value is -1.44. The lowest BCUT2D eigenvalue weighted by atomic mass is 10.2. The van der Waals surface area contributed by atoms with Gasteiger partial charge in [0.25, 0.3) is 5.91 Å². The highest BCUT2D eigenvalue weighted by molar-refractivity contribution is 7.84. The summed E-state index contributed by atoms with van der Waals surface area (Å²) < 4.78 is 10.7. The van der Waals surface area contributed by atoms with Crippen LogP contribution in [0.3, 0.4) is 0 Å². The average Bonchev–Trinajstić information content (AvgIpc) is 2.65. The van der Waals surface area contributed by atoms with Gasteiger partial charge >= 0.3 is 5.97 Å². The first-order chi connectivity index (χ1) is 7.50. The summed E-state index contributed by atoms with van der Waals surface area (Å²) in [4.78, 5) is 26.5. The van der Waals surface area contributed by atoms with Gasteiger partial charge in [0.2, 0.25) is 6.10 Å². The third-order valence-electron chi connectivity index (χ3n) is 1.90. The summed E-state index contributed by atoms with van der Waals surface area (Å²) in [5.41, 5.74) is -0.167. The van der Waals surface area contributed by atoms with Gasteiger partial charge in [0.05, 0.1) is 0 Å². The Morgan fingerprint density at radius 2 is 2.38 bits per heavy atom. The smallest absolute Gasteiger partial charge is 0.353 e. The summed E-state index contributed by atoms with van der Waals surface area (Å²) in [7, 11) is -0.976. The molecule has 7 nitrogen and oxygen atoms in total. The normalized spacial score (nSPS) is 20.8. The van der Waals surface area contributed by atoms with Crippen LogP contribution < -0.4 is 5.32 Å². The average molecular weight is 248 g/mol. The number of hydrogen-bond acceptors (Lipinski definition) is 5. The van der Waals surface area contributed by atoms with Crippen molar-refractivity contribution in [2.24, 2.45) is 5.16 Å². The van der Waals surface area contributed by atoms with E-state index in [1.807, 2.05) is 0 Å². The fraction of sp³-hybridized carbons (Fsp3) is 0.625. The van der Waals surface area contributed by atoms with Gasteiger partial charge in [-0.15, -0.1) is 0 Å². The van der Waals surface area contributed by atoms with Crippen molar-refractivity contribution in [2.45, 2.75) is 12.5 Å². The van der Waals surface area contributed by atoms with Crippen molar-refractivity contribution in [1.29, 1.82) is 0 Å². The first-order valence-electron chi connectivity index (χ1n) is 4.54. The molecule has 8 heteroatoms. The number of carbonyl (C=O) groups is 2. The molecule has 1 rings (SSSR count). The van der Waals surface area contributed by atoms with Gasteiger partial charge in [-0.2, -0.15) is 0 Å². The maximum atomic E-state index is 11.4. The third-order valence-corrected chi connectivity index (χ3v) is 2.68. The number of nitrogens with zero attached hydrogens (tertiary/aromatic N) is 1. The van der Waals surface area contributed by atoms with Gasteiger partial charge in [-0.25, -0.2) is 4.79 Å². The second kappa shape index (κ2) is 5.59. The molecule has 90 valence electrons.